The van der Waals surface area contributed by atoms with Gasteiger partial charge in [-0.1, -0.05) is 63.9 Å². The van der Waals surface area contributed by atoms with E-state index in [9.17, 15) is 14.4 Å². The van der Waals surface area contributed by atoms with Crippen LogP contribution in [0.4, 0.5) is 11.4 Å². The van der Waals surface area contributed by atoms with Gasteiger partial charge in [-0.2, -0.15) is 0 Å². The van der Waals surface area contributed by atoms with E-state index in [4.69, 9.17) is 11.6 Å². The lowest BCUT2D eigenvalue weighted by atomic mass is 9.57. The topological polar surface area (TPSA) is 78.5 Å². The molecule has 2 amide bonds. The van der Waals surface area contributed by atoms with E-state index in [0.29, 0.717) is 39.6 Å². The van der Waals surface area contributed by atoms with Crippen LogP contribution in [0.3, 0.4) is 0 Å². The van der Waals surface area contributed by atoms with Gasteiger partial charge in [-0.15, -0.1) is 0 Å². The number of ketones is 1. The number of hydrogen-bond acceptors (Lipinski definition) is 4. The summed E-state index contributed by atoms with van der Waals surface area (Å²) in [6.07, 6.45) is 1.56. The highest BCUT2D eigenvalue weighted by atomic mass is 79.9. The first-order valence-corrected chi connectivity index (χ1v) is 13.6. The first-order chi connectivity index (χ1) is 17.8. The maximum Gasteiger partial charge on any atom is 0.251 e. The van der Waals surface area contributed by atoms with Crippen LogP contribution in [-0.2, 0) is 20.5 Å². The Kier molecular flexibility index (Phi) is 4.85. The fraction of sp³-hybridized carbons (Fsp3) is 0.276. The van der Waals surface area contributed by atoms with Crippen LogP contribution < -0.4 is 10.6 Å². The first-order valence-electron chi connectivity index (χ1n) is 12.4. The number of carbonyl (C=O) groups excluding carboxylic acids is 3. The van der Waals surface area contributed by atoms with Crippen molar-refractivity contribution in [2.75, 3.05) is 17.2 Å². The Hall–Kier alpha value is -3.00. The predicted octanol–water partition coefficient (Wildman–Crippen LogP) is 5.43. The standard InChI is InChI=1S/C29H23BrClN3O3/c1-15-20(31)13-12-19-24(15)33-27(37)29(19)28(18-5-2-3-6-21(18)32-26(28)36)23(22-7-4-14-34(22)29)25(35)16-8-10-17(30)11-9-16/h2-3,5-6,8-13,22-23H,4,7,14H2,1H3,(H,32,36)(H,33,37)/t22-,23-,28+,29+/m0/s1. The summed E-state index contributed by atoms with van der Waals surface area (Å²) in [4.78, 5) is 45.6. The molecule has 2 spiro atoms. The van der Waals surface area contributed by atoms with Crippen LogP contribution in [0.1, 0.15) is 39.9 Å². The monoisotopic (exact) mass is 575 g/mol. The van der Waals surface area contributed by atoms with Gasteiger partial charge in [0.1, 0.15) is 11.0 Å². The lowest BCUT2D eigenvalue weighted by Gasteiger charge is -2.43. The largest absolute Gasteiger partial charge is 0.325 e. The van der Waals surface area contributed by atoms with Crippen molar-refractivity contribution in [1.82, 2.24) is 4.90 Å². The molecule has 0 radical (unpaired) electrons. The Labute approximate surface area is 227 Å². The molecule has 37 heavy (non-hydrogen) atoms. The third kappa shape index (κ3) is 2.62. The van der Waals surface area contributed by atoms with Gasteiger partial charge < -0.3 is 10.6 Å². The summed E-state index contributed by atoms with van der Waals surface area (Å²) < 4.78 is 0.865. The molecule has 2 saturated heterocycles. The number of carbonyl (C=O) groups is 3. The molecule has 4 heterocycles. The first kappa shape index (κ1) is 23.1. The fourth-order valence-corrected chi connectivity index (χ4v) is 7.98. The molecule has 4 aliphatic rings. The van der Waals surface area contributed by atoms with Crippen molar-refractivity contribution < 1.29 is 14.4 Å². The van der Waals surface area contributed by atoms with Crippen molar-refractivity contribution in [1.29, 1.82) is 0 Å². The summed E-state index contributed by atoms with van der Waals surface area (Å²) in [5.41, 5.74) is 1.14. The summed E-state index contributed by atoms with van der Waals surface area (Å²) >= 11 is 9.93. The highest BCUT2D eigenvalue weighted by Gasteiger charge is 2.81. The van der Waals surface area contributed by atoms with Crippen LogP contribution >= 0.6 is 27.5 Å². The number of halogens is 2. The van der Waals surface area contributed by atoms with E-state index in [0.717, 1.165) is 22.9 Å². The molecule has 3 aromatic carbocycles. The van der Waals surface area contributed by atoms with Gasteiger partial charge in [0.2, 0.25) is 5.91 Å². The number of anilines is 2. The third-order valence-corrected chi connectivity index (χ3v) is 9.82. The molecule has 2 N–H and O–H groups in total. The predicted molar refractivity (Wildman–Crippen MR) is 145 cm³/mol. The zero-order valence-corrected chi connectivity index (χ0v) is 22.3. The third-order valence-electron chi connectivity index (χ3n) is 8.88. The van der Waals surface area contributed by atoms with Crippen molar-refractivity contribution in [3.63, 3.8) is 0 Å². The van der Waals surface area contributed by atoms with Crippen molar-refractivity contribution in [2.24, 2.45) is 5.92 Å². The zero-order valence-electron chi connectivity index (χ0n) is 20.0. The average Bonchev–Trinajstić information content (AvgIpc) is 3.61. The zero-order chi connectivity index (χ0) is 25.7. The van der Waals surface area contributed by atoms with Gasteiger partial charge in [0.25, 0.3) is 5.91 Å². The van der Waals surface area contributed by atoms with E-state index in [2.05, 4.69) is 31.5 Å². The number of para-hydroxylation sites is 1. The second kappa shape index (κ2) is 7.76. The summed E-state index contributed by atoms with van der Waals surface area (Å²) in [7, 11) is 0. The van der Waals surface area contributed by atoms with Crippen LogP contribution in [0, 0.1) is 12.8 Å². The summed E-state index contributed by atoms with van der Waals surface area (Å²) in [5.74, 6) is -1.47. The molecule has 0 aliphatic carbocycles. The highest BCUT2D eigenvalue weighted by Crippen LogP contribution is 2.68. The van der Waals surface area contributed by atoms with Crippen molar-refractivity contribution in [3.05, 3.63) is 92.4 Å². The minimum atomic E-state index is -1.45. The van der Waals surface area contributed by atoms with Gasteiger partial charge in [0.05, 0.1) is 11.6 Å². The van der Waals surface area contributed by atoms with Crippen LogP contribution in [-0.4, -0.2) is 35.1 Å². The molecule has 0 saturated carbocycles. The number of hydrogen-bond donors (Lipinski definition) is 2. The van der Waals surface area contributed by atoms with E-state index in [1.54, 1.807) is 18.2 Å². The number of nitrogens with zero attached hydrogens (tertiary/aromatic N) is 1. The van der Waals surface area contributed by atoms with Crippen molar-refractivity contribution in [3.8, 4) is 0 Å². The minimum absolute atomic E-state index is 0.125. The van der Waals surface area contributed by atoms with Crippen molar-refractivity contribution >= 4 is 56.5 Å². The number of Topliss-reactive ketones (excluding diaryl/α,β-unsaturated/α-hetero) is 1. The summed E-state index contributed by atoms with van der Waals surface area (Å²) in [5, 5.41) is 6.70. The maximum absolute atomic E-state index is 14.5. The normalized spacial score (nSPS) is 29.4. The van der Waals surface area contributed by atoms with Gasteiger partial charge in [0, 0.05) is 32.4 Å². The van der Waals surface area contributed by atoms with Crippen LogP contribution in [0.5, 0.6) is 0 Å². The van der Waals surface area contributed by atoms with E-state index in [1.807, 2.05) is 49.4 Å². The van der Waals surface area contributed by atoms with E-state index >= 15 is 0 Å². The highest BCUT2D eigenvalue weighted by molar-refractivity contribution is 9.10. The molecule has 0 unspecified atom stereocenters. The van der Waals surface area contributed by atoms with Crippen molar-refractivity contribution in [2.45, 2.75) is 36.8 Å². The fourth-order valence-electron chi connectivity index (χ4n) is 7.56. The molecule has 186 valence electrons. The number of fused-ring (bicyclic) bond motifs is 7. The quantitative estimate of drug-likeness (QED) is 0.399. The summed E-state index contributed by atoms with van der Waals surface area (Å²) in [6, 6.07) is 18.1. The van der Waals surface area contributed by atoms with Crippen LogP contribution in [0.15, 0.2) is 65.1 Å². The molecule has 0 aromatic heterocycles. The molecule has 3 aromatic rings. The Balaban J connectivity index is 1.59. The van der Waals surface area contributed by atoms with Gasteiger partial charge in [0.15, 0.2) is 5.78 Å². The lowest BCUT2D eigenvalue weighted by Crippen LogP contribution is -2.62. The Morgan fingerprint density at radius 3 is 2.54 bits per heavy atom. The second-order valence-corrected chi connectivity index (χ2v) is 11.6. The number of amides is 2. The molecule has 4 aliphatic heterocycles. The lowest BCUT2D eigenvalue weighted by molar-refractivity contribution is -0.137. The SMILES string of the molecule is Cc1c(Cl)ccc2c1NC(=O)[C@]21N2CCC[C@H]2[C@@H](C(=O)c2ccc(Br)cc2)[C@]12C(=O)Nc1ccccc12. The van der Waals surface area contributed by atoms with E-state index in [-0.39, 0.29) is 23.6 Å². The molecular formula is C29H23BrClN3O3. The van der Waals surface area contributed by atoms with E-state index < -0.39 is 16.9 Å². The Bertz CT molecular complexity index is 1540. The Morgan fingerprint density at radius 1 is 1.00 bits per heavy atom. The van der Waals surface area contributed by atoms with Gasteiger partial charge in [-0.3, -0.25) is 19.3 Å². The van der Waals surface area contributed by atoms with Gasteiger partial charge in [-0.25, -0.2) is 0 Å². The Morgan fingerprint density at radius 2 is 1.76 bits per heavy atom. The molecule has 6 nitrogen and oxygen atoms in total. The molecule has 0 bridgehead atoms. The van der Waals surface area contributed by atoms with Crippen LogP contribution in [0.2, 0.25) is 5.02 Å². The number of rotatable bonds is 2. The number of benzene rings is 3. The van der Waals surface area contributed by atoms with Gasteiger partial charge in [-0.05, 0) is 61.7 Å². The smallest absolute Gasteiger partial charge is 0.251 e. The molecular weight excluding hydrogens is 554 g/mol. The second-order valence-electron chi connectivity index (χ2n) is 10.3. The molecule has 7 rings (SSSR count). The maximum atomic E-state index is 14.5. The molecule has 2 fully saturated rings. The number of nitrogens with one attached hydrogen (secondary N) is 2. The minimum Gasteiger partial charge on any atom is -0.325 e. The summed E-state index contributed by atoms with van der Waals surface area (Å²) in [6.45, 7) is 2.48. The molecule has 8 heteroatoms. The average molecular weight is 577 g/mol. The molecule has 4 atom stereocenters. The van der Waals surface area contributed by atoms with Crippen LogP contribution in [0.25, 0.3) is 0 Å². The van der Waals surface area contributed by atoms with E-state index in [1.165, 1.54) is 0 Å². The van der Waals surface area contributed by atoms with Gasteiger partial charge >= 0.3 is 0 Å².